The lowest BCUT2D eigenvalue weighted by molar-refractivity contribution is -0.121. The molecule has 0 spiro atoms. The van der Waals surface area contributed by atoms with Gasteiger partial charge >= 0.3 is 0 Å². The summed E-state index contributed by atoms with van der Waals surface area (Å²) < 4.78 is 13.2. The predicted molar refractivity (Wildman–Crippen MR) is 121 cm³/mol. The van der Waals surface area contributed by atoms with Gasteiger partial charge in [0.25, 0.3) is 0 Å². The molecule has 1 N–H and O–H groups in total. The van der Waals surface area contributed by atoms with E-state index >= 15 is 0 Å². The van der Waals surface area contributed by atoms with E-state index in [2.05, 4.69) is 15.4 Å². The van der Waals surface area contributed by atoms with Crippen molar-refractivity contribution < 1.29 is 14.3 Å². The fourth-order valence-corrected chi connectivity index (χ4v) is 3.78. The lowest BCUT2D eigenvalue weighted by atomic mass is 10.0. The van der Waals surface area contributed by atoms with E-state index in [9.17, 15) is 4.79 Å². The van der Waals surface area contributed by atoms with Gasteiger partial charge in [-0.15, -0.1) is 0 Å². The van der Waals surface area contributed by atoms with Crippen LogP contribution in [-0.4, -0.2) is 33.7 Å². The van der Waals surface area contributed by atoms with E-state index in [1.54, 1.807) is 0 Å². The normalized spacial score (nSPS) is 12.1. The number of benzene rings is 1. The van der Waals surface area contributed by atoms with Crippen LogP contribution in [0.15, 0.2) is 24.3 Å². The number of nitrogens with one attached hydrogen (secondary N) is 1. The van der Waals surface area contributed by atoms with Crippen LogP contribution in [-0.2, 0) is 11.2 Å². The Hall–Kier alpha value is -3.09. The first-order chi connectivity index (χ1) is 14.8. The van der Waals surface area contributed by atoms with E-state index in [4.69, 9.17) is 9.47 Å². The van der Waals surface area contributed by atoms with E-state index < -0.39 is 0 Å². The zero-order valence-electron chi connectivity index (χ0n) is 19.3. The third-order valence-corrected chi connectivity index (χ3v) is 5.33. The topological polar surface area (TPSA) is 77.8 Å². The molecule has 0 saturated carbocycles. The lowest BCUT2D eigenvalue weighted by Gasteiger charge is -2.18. The Morgan fingerprint density at radius 3 is 2.52 bits per heavy atom. The highest BCUT2D eigenvalue weighted by molar-refractivity contribution is 5.76. The van der Waals surface area contributed by atoms with Crippen molar-refractivity contribution >= 4 is 11.6 Å². The number of ether oxygens (including phenoxy) is 2. The van der Waals surface area contributed by atoms with Crippen LogP contribution in [0.25, 0.3) is 5.65 Å². The number of hydrogen-bond donors (Lipinski definition) is 1. The van der Waals surface area contributed by atoms with Crippen LogP contribution in [0.3, 0.4) is 0 Å². The van der Waals surface area contributed by atoms with E-state index in [-0.39, 0.29) is 11.9 Å². The van der Waals surface area contributed by atoms with Gasteiger partial charge in [-0.3, -0.25) is 4.79 Å². The average Bonchev–Trinajstić information content (AvgIpc) is 3.09. The minimum atomic E-state index is -0.140. The molecule has 1 aromatic carbocycles. The van der Waals surface area contributed by atoms with Gasteiger partial charge in [0.05, 0.1) is 24.9 Å². The average molecular weight is 425 g/mol. The molecule has 1 amide bonds. The van der Waals surface area contributed by atoms with Gasteiger partial charge in [-0.2, -0.15) is 5.10 Å². The summed E-state index contributed by atoms with van der Waals surface area (Å²) in [6.45, 7) is 12.9. The monoisotopic (exact) mass is 424 g/mol. The number of amides is 1. The summed E-state index contributed by atoms with van der Waals surface area (Å²) in [7, 11) is 0. The summed E-state index contributed by atoms with van der Waals surface area (Å²) in [5.74, 6) is 1.41. The van der Waals surface area contributed by atoms with Crippen molar-refractivity contribution in [3.8, 4) is 11.5 Å². The number of aryl methyl sites for hydroxylation is 3. The maximum atomic E-state index is 12.7. The van der Waals surface area contributed by atoms with Gasteiger partial charge in [-0.05, 0) is 71.2 Å². The molecule has 2 heterocycles. The quantitative estimate of drug-likeness (QED) is 0.555. The number of carbonyl (C=O) groups is 1. The molecule has 0 saturated heterocycles. The number of carbonyl (C=O) groups excluding carboxylic acids is 1. The Morgan fingerprint density at radius 2 is 1.81 bits per heavy atom. The van der Waals surface area contributed by atoms with Crippen molar-refractivity contribution in [3.05, 3.63) is 52.5 Å². The molecule has 1 atom stereocenters. The molecule has 0 aliphatic carbocycles. The van der Waals surface area contributed by atoms with Crippen LogP contribution in [0, 0.1) is 20.8 Å². The Bertz CT molecular complexity index is 1070. The van der Waals surface area contributed by atoms with Gasteiger partial charge in [0.1, 0.15) is 0 Å². The second-order valence-electron chi connectivity index (χ2n) is 7.68. The van der Waals surface area contributed by atoms with Gasteiger partial charge in [0, 0.05) is 23.9 Å². The Balaban J connectivity index is 1.67. The van der Waals surface area contributed by atoms with Crippen molar-refractivity contribution in [1.29, 1.82) is 0 Å². The maximum absolute atomic E-state index is 12.7. The summed E-state index contributed by atoms with van der Waals surface area (Å²) in [6, 6.07) is 7.62. The van der Waals surface area contributed by atoms with Crippen molar-refractivity contribution in [3.63, 3.8) is 0 Å². The summed E-state index contributed by atoms with van der Waals surface area (Å²) in [5, 5.41) is 7.59. The van der Waals surface area contributed by atoms with E-state index in [0.717, 1.165) is 33.9 Å². The fraction of sp³-hybridized carbons (Fsp3) is 0.458. The Kier molecular flexibility index (Phi) is 7.15. The summed E-state index contributed by atoms with van der Waals surface area (Å²) in [6.07, 6.45) is 1.00. The number of fused-ring (bicyclic) bond motifs is 1. The smallest absolute Gasteiger partial charge is 0.220 e. The number of rotatable bonds is 9. The molecule has 3 rings (SSSR count). The maximum Gasteiger partial charge on any atom is 0.220 e. The number of aromatic nitrogens is 3. The highest BCUT2D eigenvalue weighted by Gasteiger charge is 2.16. The third-order valence-electron chi connectivity index (χ3n) is 5.33. The first-order valence-electron chi connectivity index (χ1n) is 10.8. The standard InChI is InChI=1S/C24H32N4O3/c1-7-30-21-11-9-19(14-22(21)31-8-2)16(4)26-24(29)12-10-20-17(5)25-23-13-15(3)27-28(23)18(20)6/h9,11,13-14,16H,7-8,10,12H2,1-6H3,(H,26,29). The van der Waals surface area contributed by atoms with Crippen LogP contribution >= 0.6 is 0 Å². The fourth-order valence-electron chi connectivity index (χ4n) is 3.78. The molecular formula is C24H32N4O3. The third kappa shape index (κ3) is 5.16. The molecule has 7 nitrogen and oxygen atoms in total. The first-order valence-corrected chi connectivity index (χ1v) is 10.8. The van der Waals surface area contributed by atoms with Gasteiger partial charge < -0.3 is 14.8 Å². The van der Waals surface area contributed by atoms with E-state index in [1.807, 2.05) is 70.3 Å². The molecule has 0 aliphatic heterocycles. The molecule has 2 aromatic heterocycles. The van der Waals surface area contributed by atoms with Gasteiger partial charge in [-0.25, -0.2) is 9.50 Å². The van der Waals surface area contributed by atoms with Crippen molar-refractivity contribution in [1.82, 2.24) is 19.9 Å². The first kappa shape index (κ1) is 22.6. The van der Waals surface area contributed by atoms with Crippen molar-refractivity contribution in [2.45, 2.75) is 60.4 Å². The largest absolute Gasteiger partial charge is 0.490 e. The van der Waals surface area contributed by atoms with Crippen molar-refractivity contribution in [2.24, 2.45) is 0 Å². The van der Waals surface area contributed by atoms with Crippen molar-refractivity contribution in [2.75, 3.05) is 13.2 Å². The van der Waals surface area contributed by atoms with Gasteiger partial charge in [0.15, 0.2) is 17.1 Å². The van der Waals surface area contributed by atoms with E-state index in [0.29, 0.717) is 37.6 Å². The van der Waals surface area contributed by atoms with Gasteiger partial charge in [-0.1, -0.05) is 6.07 Å². The van der Waals surface area contributed by atoms with Crippen LogP contribution in [0.4, 0.5) is 0 Å². The van der Waals surface area contributed by atoms with E-state index in [1.165, 1.54) is 0 Å². The van der Waals surface area contributed by atoms with Gasteiger partial charge in [0.2, 0.25) is 5.91 Å². The molecule has 0 bridgehead atoms. The second kappa shape index (κ2) is 9.81. The molecule has 0 aliphatic rings. The molecule has 166 valence electrons. The molecular weight excluding hydrogens is 392 g/mol. The molecule has 7 heteroatoms. The zero-order chi connectivity index (χ0) is 22.5. The molecule has 1 unspecified atom stereocenters. The molecule has 0 fully saturated rings. The minimum Gasteiger partial charge on any atom is -0.490 e. The van der Waals surface area contributed by atoms with Crippen LogP contribution in [0.5, 0.6) is 11.5 Å². The highest BCUT2D eigenvalue weighted by Crippen LogP contribution is 2.30. The second-order valence-corrected chi connectivity index (χ2v) is 7.68. The van der Waals surface area contributed by atoms with Crippen LogP contribution < -0.4 is 14.8 Å². The molecule has 3 aromatic rings. The Labute approximate surface area is 183 Å². The summed E-state index contributed by atoms with van der Waals surface area (Å²) >= 11 is 0. The SMILES string of the molecule is CCOc1ccc(C(C)NC(=O)CCc2c(C)nc3cc(C)nn3c2C)cc1OCC. The summed E-state index contributed by atoms with van der Waals surface area (Å²) in [5.41, 5.74) is 5.79. The minimum absolute atomic E-state index is 0.00473. The predicted octanol–water partition coefficient (Wildman–Crippen LogP) is 4.26. The molecule has 31 heavy (non-hydrogen) atoms. The summed E-state index contributed by atoms with van der Waals surface area (Å²) in [4.78, 5) is 17.3. The highest BCUT2D eigenvalue weighted by atomic mass is 16.5. The Morgan fingerprint density at radius 1 is 1.10 bits per heavy atom. The molecule has 0 radical (unpaired) electrons. The number of hydrogen-bond acceptors (Lipinski definition) is 5. The van der Waals surface area contributed by atoms with Crippen LogP contribution in [0.1, 0.15) is 61.4 Å². The zero-order valence-corrected chi connectivity index (χ0v) is 19.3. The lowest BCUT2D eigenvalue weighted by Crippen LogP contribution is -2.27. The number of nitrogens with zero attached hydrogens (tertiary/aromatic N) is 3. The van der Waals surface area contributed by atoms with Crippen LogP contribution in [0.2, 0.25) is 0 Å².